The number of urea groups is 1. The molecule has 2 amide bonds. The molecule has 6 nitrogen and oxygen atoms in total. The molecule has 3 atom stereocenters. The van der Waals surface area contributed by atoms with Gasteiger partial charge in [0, 0.05) is 12.6 Å². The molecule has 0 spiro atoms. The van der Waals surface area contributed by atoms with E-state index < -0.39 is 5.97 Å². The van der Waals surface area contributed by atoms with Gasteiger partial charge in [-0.15, -0.1) is 0 Å². The van der Waals surface area contributed by atoms with Gasteiger partial charge in [-0.1, -0.05) is 6.42 Å². The van der Waals surface area contributed by atoms with Crippen molar-refractivity contribution in [2.75, 3.05) is 13.1 Å². The third kappa shape index (κ3) is 4.33. The smallest absolute Gasteiger partial charge is 0.317 e. The van der Waals surface area contributed by atoms with Gasteiger partial charge in [0.05, 0.1) is 24.2 Å². The quantitative estimate of drug-likeness (QED) is 0.815. The fraction of sp³-hybridized carbons (Fsp3) is 0.867. The molecule has 6 heteroatoms. The van der Waals surface area contributed by atoms with E-state index in [0.29, 0.717) is 25.9 Å². The molecule has 1 aliphatic heterocycles. The van der Waals surface area contributed by atoms with E-state index in [4.69, 9.17) is 9.84 Å². The SMILES string of the molecule is CC1CN(C(=O)NC2CCCC(C(=O)O)C2)CC(C)(C)O1. The van der Waals surface area contributed by atoms with Crippen molar-refractivity contribution in [3.63, 3.8) is 0 Å². The molecule has 1 aliphatic carbocycles. The number of nitrogens with zero attached hydrogens (tertiary/aromatic N) is 1. The molecular weight excluding hydrogens is 272 g/mol. The van der Waals surface area contributed by atoms with E-state index in [0.717, 1.165) is 12.8 Å². The lowest BCUT2D eigenvalue weighted by Crippen LogP contribution is -2.57. The number of aliphatic carboxylic acids is 1. The molecule has 120 valence electrons. The molecule has 1 saturated carbocycles. The number of rotatable bonds is 2. The number of carbonyl (C=O) groups excluding carboxylic acids is 1. The van der Waals surface area contributed by atoms with Crippen LogP contribution in [0.5, 0.6) is 0 Å². The van der Waals surface area contributed by atoms with Crippen molar-refractivity contribution in [3.8, 4) is 0 Å². The number of nitrogens with one attached hydrogen (secondary N) is 1. The number of carboxylic acid groups (broad SMARTS) is 1. The van der Waals surface area contributed by atoms with Crippen molar-refractivity contribution in [3.05, 3.63) is 0 Å². The first-order valence-corrected chi connectivity index (χ1v) is 7.73. The molecule has 2 rings (SSSR count). The molecule has 21 heavy (non-hydrogen) atoms. The normalized spacial score (nSPS) is 32.5. The van der Waals surface area contributed by atoms with E-state index >= 15 is 0 Å². The van der Waals surface area contributed by atoms with E-state index in [9.17, 15) is 9.59 Å². The maximum absolute atomic E-state index is 12.4. The molecule has 0 bridgehead atoms. The fourth-order valence-electron chi connectivity index (χ4n) is 3.42. The lowest BCUT2D eigenvalue weighted by atomic mass is 9.86. The molecule has 1 saturated heterocycles. The van der Waals surface area contributed by atoms with Crippen LogP contribution < -0.4 is 5.32 Å². The summed E-state index contributed by atoms with van der Waals surface area (Å²) < 4.78 is 5.79. The lowest BCUT2D eigenvalue weighted by molar-refractivity contribution is -0.143. The van der Waals surface area contributed by atoms with Crippen LogP contribution in [0.4, 0.5) is 4.79 Å². The summed E-state index contributed by atoms with van der Waals surface area (Å²) in [6, 6.07) is -0.136. The maximum Gasteiger partial charge on any atom is 0.317 e. The van der Waals surface area contributed by atoms with Crippen molar-refractivity contribution >= 4 is 12.0 Å². The zero-order chi connectivity index (χ0) is 15.6. The second-order valence-corrected chi connectivity index (χ2v) is 6.92. The molecule has 3 unspecified atom stereocenters. The Bertz CT molecular complexity index is 410. The topological polar surface area (TPSA) is 78.9 Å². The van der Waals surface area contributed by atoms with Crippen LogP contribution >= 0.6 is 0 Å². The Morgan fingerprint density at radius 3 is 2.67 bits per heavy atom. The number of carbonyl (C=O) groups is 2. The predicted molar refractivity (Wildman–Crippen MR) is 78.1 cm³/mol. The van der Waals surface area contributed by atoms with Gasteiger partial charge in [0.1, 0.15) is 0 Å². The van der Waals surface area contributed by atoms with Gasteiger partial charge in [0.25, 0.3) is 0 Å². The summed E-state index contributed by atoms with van der Waals surface area (Å²) in [5, 5.41) is 12.1. The molecule has 2 fully saturated rings. The molecule has 2 aliphatic rings. The lowest BCUT2D eigenvalue weighted by Gasteiger charge is -2.42. The third-order valence-corrected chi connectivity index (χ3v) is 4.21. The van der Waals surface area contributed by atoms with Crippen molar-refractivity contribution in [1.82, 2.24) is 10.2 Å². The van der Waals surface area contributed by atoms with Gasteiger partial charge in [-0.05, 0) is 40.0 Å². The monoisotopic (exact) mass is 298 g/mol. The van der Waals surface area contributed by atoms with Crippen molar-refractivity contribution in [2.45, 2.75) is 64.2 Å². The highest BCUT2D eigenvalue weighted by Crippen LogP contribution is 2.25. The van der Waals surface area contributed by atoms with Crippen LogP contribution in [0, 0.1) is 5.92 Å². The maximum atomic E-state index is 12.4. The van der Waals surface area contributed by atoms with Crippen molar-refractivity contribution in [1.29, 1.82) is 0 Å². The average Bonchev–Trinajstić information content (AvgIpc) is 2.36. The van der Waals surface area contributed by atoms with Crippen LogP contribution in [-0.2, 0) is 9.53 Å². The number of ether oxygens (including phenoxy) is 1. The van der Waals surface area contributed by atoms with Crippen LogP contribution in [0.15, 0.2) is 0 Å². The van der Waals surface area contributed by atoms with E-state index in [1.54, 1.807) is 4.90 Å². The molecular formula is C15H26N2O4. The zero-order valence-corrected chi connectivity index (χ0v) is 13.1. The van der Waals surface area contributed by atoms with Crippen molar-refractivity contribution < 1.29 is 19.4 Å². The summed E-state index contributed by atoms with van der Waals surface area (Å²) in [5.41, 5.74) is -0.342. The average molecular weight is 298 g/mol. The Hall–Kier alpha value is -1.30. The second-order valence-electron chi connectivity index (χ2n) is 6.92. The number of amides is 2. The van der Waals surface area contributed by atoms with Crippen molar-refractivity contribution in [2.24, 2.45) is 5.92 Å². The minimum Gasteiger partial charge on any atom is -0.481 e. The van der Waals surface area contributed by atoms with Gasteiger partial charge in [-0.2, -0.15) is 0 Å². The van der Waals surface area contributed by atoms with Crippen LogP contribution in [-0.4, -0.2) is 52.8 Å². The van der Waals surface area contributed by atoms with Gasteiger partial charge in [-0.3, -0.25) is 4.79 Å². The van der Waals surface area contributed by atoms with Gasteiger partial charge in [0.15, 0.2) is 0 Å². The first kappa shape index (κ1) is 16.1. The van der Waals surface area contributed by atoms with E-state index in [1.165, 1.54) is 0 Å². The number of hydrogen-bond acceptors (Lipinski definition) is 3. The summed E-state index contributed by atoms with van der Waals surface area (Å²) in [4.78, 5) is 25.2. The zero-order valence-electron chi connectivity index (χ0n) is 13.1. The standard InChI is InChI=1S/C15H26N2O4/c1-10-8-17(9-15(2,3)21-10)14(20)16-12-6-4-5-11(7-12)13(18)19/h10-12H,4-9H2,1-3H3,(H,16,20)(H,18,19). The minimum absolute atomic E-state index is 0.0117. The summed E-state index contributed by atoms with van der Waals surface area (Å²) in [7, 11) is 0. The predicted octanol–water partition coefficient (Wildman–Crippen LogP) is 1.84. The second kappa shape index (κ2) is 6.22. The van der Waals surface area contributed by atoms with E-state index in [1.807, 2.05) is 20.8 Å². The Morgan fingerprint density at radius 2 is 2.05 bits per heavy atom. The Balaban J connectivity index is 1.90. The third-order valence-electron chi connectivity index (χ3n) is 4.21. The highest BCUT2D eigenvalue weighted by molar-refractivity contribution is 5.75. The van der Waals surface area contributed by atoms with Crippen LogP contribution in [0.1, 0.15) is 46.5 Å². The van der Waals surface area contributed by atoms with E-state index in [-0.39, 0.29) is 29.7 Å². The number of carboxylic acids is 1. The first-order chi connectivity index (χ1) is 9.77. The molecule has 1 heterocycles. The Kier molecular flexibility index (Phi) is 4.76. The summed E-state index contributed by atoms with van der Waals surface area (Å²) in [6.45, 7) is 7.04. The number of morpholine rings is 1. The number of hydrogen-bond donors (Lipinski definition) is 2. The van der Waals surface area contributed by atoms with Gasteiger partial charge >= 0.3 is 12.0 Å². The Morgan fingerprint density at radius 1 is 1.33 bits per heavy atom. The summed E-state index contributed by atoms with van der Waals surface area (Å²) in [6.07, 6.45) is 2.97. The molecule has 2 N–H and O–H groups in total. The summed E-state index contributed by atoms with van der Waals surface area (Å²) in [5.74, 6) is -1.08. The van der Waals surface area contributed by atoms with Gasteiger partial charge in [0.2, 0.25) is 0 Å². The largest absolute Gasteiger partial charge is 0.481 e. The first-order valence-electron chi connectivity index (χ1n) is 7.73. The van der Waals surface area contributed by atoms with Gasteiger partial charge < -0.3 is 20.1 Å². The van der Waals surface area contributed by atoms with Crippen LogP contribution in [0.25, 0.3) is 0 Å². The molecule has 0 aromatic heterocycles. The fourth-order valence-corrected chi connectivity index (χ4v) is 3.42. The van der Waals surface area contributed by atoms with E-state index in [2.05, 4.69) is 5.32 Å². The highest BCUT2D eigenvalue weighted by atomic mass is 16.5. The molecule has 0 aromatic carbocycles. The van der Waals surface area contributed by atoms with Crippen LogP contribution in [0.2, 0.25) is 0 Å². The highest BCUT2D eigenvalue weighted by Gasteiger charge is 2.35. The molecule has 0 aromatic rings. The Labute approximate surface area is 125 Å². The minimum atomic E-state index is -0.755. The molecule has 0 radical (unpaired) electrons. The van der Waals surface area contributed by atoms with Gasteiger partial charge in [-0.25, -0.2) is 4.79 Å². The summed E-state index contributed by atoms with van der Waals surface area (Å²) >= 11 is 0. The van der Waals surface area contributed by atoms with Crippen LogP contribution in [0.3, 0.4) is 0 Å².